The first-order valence-electron chi connectivity index (χ1n) is 6.99. The van der Waals surface area contributed by atoms with Crippen molar-refractivity contribution in [1.82, 2.24) is 24.7 Å². The van der Waals surface area contributed by atoms with E-state index in [-0.39, 0.29) is 18.0 Å². The molecule has 0 aliphatic heterocycles. The van der Waals surface area contributed by atoms with Crippen LogP contribution in [-0.4, -0.2) is 43.0 Å². The van der Waals surface area contributed by atoms with Crippen LogP contribution in [0.5, 0.6) is 0 Å². The van der Waals surface area contributed by atoms with Crippen LogP contribution in [0.4, 0.5) is 11.9 Å². The fraction of sp³-hybridized carbons (Fsp3) is 0.538. The number of nitrogens with one attached hydrogen (secondary N) is 1. The number of nitrogen functional groups attached to an aromatic ring is 1. The summed E-state index contributed by atoms with van der Waals surface area (Å²) in [5.74, 6) is 0.867. The highest BCUT2D eigenvalue weighted by Crippen LogP contribution is 2.25. The van der Waals surface area contributed by atoms with Crippen LogP contribution in [0.15, 0.2) is 18.5 Å². The molecule has 2 aromatic heterocycles. The first-order chi connectivity index (χ1) is 10.1. The van der Waals surface area contributed by atoms with Crippen molar-refractivity contribution in [3.8, 4) is 5.95 Å². The normalized spacial score (nSPS) is 11.6. The Labute approximate surface area is 123 Å². The number of hydrogen-bond donors (Lipinski definition) is 3. The Hall–Kier alpha value is -2.22. The highest BCUT2D eigenvalue weighted by Gasteiger charge is 2.25. The van der Waals surface area contributed by atoms with E-state index in [1.165, 1.54) is 4.68 Å². The monoisotopic (exact) mass is 291 g/mol. The van der Waals surface area contributed by atoms with E-state index >= 15 is 0 Å². The molecule has 0 aliphatic carbocycles. The van der Waals surface area contributed by atoms with Gasteiger partial charge in [-0.15, -0.1) is 0 Å². The van der Waals surface area contributed by atoms with E-state index in [1.807, 2.05) is 0 Å². The molecule has 0 fully saturated rings. The van der Waals surface area contributed by atoms with Gasteiger partial charge in [0.2, 0.25) is 11.9 Å². The van der Waals surface area contributed by atoms with Gasteiger partial charge in [-0.05, 0) is 18.9 Å². The summed E-state index contributed by atoms with van der Waals surface area (Å²) in [4.78, 5) is 12.4. The summed E-state index contributed by atoms with van der Waals surface area (Å²) < 4.78 is 1.52. The third-order valence-electron chi connectivity index (χ3n) is 3.81. The molecule has 0 aromatic carbocycles. The molecule has 21 heavy (non-hydrogen) atoms. The molecule has 0 amide bonds. The van der Waals surface area contributed by atoms with Crippen molar-refractivity contribution in [2.24, 2.45) is 5.41 Å². The van der Waals surface area contributed by atoms with Gasteiger partial charge < -0.3 is 16.2 Å². The molecule has 114 valence electrons. The Bertz CT molecular complexity index is 558. The number of nitrogens with zero attached hydrogens (tertiary/aromatic N) is 5. The van der Waals surface area contributed by atoms with Crippen LogP contribution in [0.1, 0.15) is 26.7 Å². The fourth-order valence-electron chi connectivity index (χ4n) is 2.00. The molecule has 0 aliphatic rings. The number of rotatable bonds is 7. The predicted molar refractivity (Wildman–Crippen MR) is 80.0 cm³/mol. The van der Waals surface area contributed by atoms with Crippen LogP contribution in [0.2, 0.25) is 0 Å². The number of nitrogens with two attached hydrogens (primary N) is 1. The number of hydrogen-bond acceptors (Lipinski definition) is 7. The third-order valence-corrected chi connectivity index (χ3v) is 3.81. The molecule has 0 unspecified atom stereocenters. The Morgan fingerprint density at radius 3 is 2.62 bits per heavy atom. The zero-order valence-corrected chi connectivity index (χ0v) is 12.3. The summed E-state index contributed by atoms with van der Waals surface area (Å²) in [6, 6.07) is 1.78. The van der Waals surface area contributed by atoms with Crippen molar-refractivity contribution in [2.75, 3.05) is 24.2 Å². The third kappa shape index (κ3) is 3.46. The molecule has 2 heterocycles. The van der Waals surface area contributed by atoms with Gasteiger partial charge in [0.15, 0.2) is 0 Å². The van der Waals surface area contributed by atoms with Gasteiger partial charge in [0.1, 0.15) is 0 Å². The van der Waals surface area contributed by atoms with E-state index in [0.717, 1.165) is 12.8 Å². The minimum Gasteiger partial charge on any atom is -0.396 e. The van der Waals surface area contributed by atoms with Crippen molar-refractivity contribution < 1.29 is 5.11 Å². The Kier molecular flexibility index (Phi) is 4.69. The van der Waals surface area contributed by atoms with E-state index in [1.54, 1.807) is 18.5 Å². The molecule has 0 saturated carbocycles. The zero-order valence-electron chi connectivity index (χ0n) is 12.3. The van der Waals surface area contributed by atoms with Crippen molar-refractivity contribution >= 4 is 11.9 Å². The van der Waals surface area contributed by atoms with E-state index < -0.39 is 0 Å². The van der Waals surface area contributed by atoms with Gasteiger partial charge in [0.25, 0.3) is 5.95 Å². The molecule has 0 saturated heterocycles. The summed E-state index contributed by atoms with van der Waals surface area (Å²) in [7, 11) is 0. The maximum Gasteiger partial charge on any atom is 0.257 e. The second-order valence-corrected chi connectivity index (χ2v) is 4.99. The van der Waals surface area contributed by atoms with E-state index in [2.05, 4.69) is 39.2 Å². The molecule has 8 nitrogen and oxygen atoms in total. The van der Waals surface area contributed by atoms with Crippen LogP contribution in [0, 0.1) is 5.41 Å². The molecule has 0 spiro atoms. The second kappa shape index (κ2) is 6.49. The van der Waals surface area contributed by atoms with Crippen LogP contribution < -0.4 is 11.1 Å². The second-order valence-electron chi connectivity index (χ2n) is 4.99. The van der Waals surface area contributed by atoms with Gasteiger partial charge in [0.05, 0.1) is 6.61 Å². The fourth-order valence-corrected chi connectivity index (χ4v) is 2.00. The smallest absolute Gasteiger partial charge is 0.257 e. The van der Waals surface area contributed by atoms with Gasteiger partial charge in [-0.2, -0.15) is 20.1 Å². The predicted octanol–water partition coefficient (Wildman–Crippen LogP) is 0.850. The first kappa shape index (κ1) is 15.2. The summed E-state index contributed by atoms with van der Waals surface area (Å²) >= 11 is 0. The summed E-state index contributed by atoms with van der Waals surface area (Å²) in [6.45, 7) is 4.79. The quantitative estimate of drug-likeness (QED) is 0.692. The molecule has 0 radical (unpaired) electrons. The number of anilines is 2. The maximum atomic E-state index is 9.58. The zero-order chi connectivity index (χ0) is 15.3. The SMILES string of the molecule is CCC(CC)(CO)CNc1nc(N)nc(-n2cccn2)n1. The van der Waals surface area contributed by atoms with Gasteiger partial charge in [0, 0.05) is 24.4 Å². The average molecular weight is 291 g/mol. The van der Waals surface area contributed by atoms with Gasteiger partial charge >= 0.3 is 0 Å². The van der Waals surface area contributed by atoms with E-state index in [9.17, 15) is 5.11 Å². The summed E-state index contributed by atoms with van der Waals surface area (Å²) in [5.41, 5.74) is 5.52. The Morgan fingerprint density at radius 2 is 2.05 bits per heavy atom. The highest BCUT2D eigenvalue weighted by molar-refractivity contribution is 5.35. The minimum absolute atomic E-state index is 0.111. The standard InChI is InChI=1S/C13H21N7O/c1-3-13(4-2,9-21)8-15-11-17-10(14)18-12(19-11)20-7-5-6-16-20/h5-7,21H,3-4,8-9H2,1-2H3,(H3,14,15,17,18,19). The number of aliphatic hydroxyl groups excluding tert-OH is 1. The van der Waals surface area contributed by atoms with Crippen molar-refractivity contribution in [1.29, 1.82) is 0 Å². The van der Waals surface area contributed by atoms with Gasteiger partial charge in [-0.3, -0.25) is 0 Å². The Morgan fingerprint density at radius 1 is 1.29 bits per heavy atom. The van der Waals surface area contributed by atoms with Gasteiger partial charge in [-0.1, -0.05) is 13.8 Å². The number of aliphatic hydroxyl groups is 1. The minimum atomic E-state index is -0.187. The lowest BCUT2D eigenvalue weighted by atomic mass is 9.83. The lowest BCUT2D eigenvalue weighted by molar-refractivity contribution is 0.127. The molecular weight excluding hydrogens is 270 g/mol. The highest BCUT2D eigenvalue weighted by atomic mass is 16.3. The van der Waals surface area contributed by atoms with Crippen molar-refractivity contribution in [3.05, 3.63) is 18.5 Å². The van der Waals surface area contributed by atoms with E-state index in [0.29, 0.717) is 18.4 Å². The molecule has 4 N–H and O–H groups in total. The average Bonchev–Trinajstić information content (AvgIpc) is 3.03. The molecule has 0 bridgehead atoms. The number of aromatic nitrogens is 5. The summed E-state index contributed by atoms with van der Waals surface area (Å²) in [5, 5.41) is 16.8. The van der Waals surface area contributed by atoms with Crippen LogP contribution in [0.25, 0.3) is 5.95 Å². The van der Waals surface area contributed by atoms with Crippen molar-refractivity contribution in [3.63, 3.8) is 0 Å². The van der Waals surface area contributed by atoms with Crippen molar-refractivity contribution in [2.45, 2.75) is 26.7 Å². The first-order valence-corrected chi connectivity index (χ1v) is 6.99. The molecule has 0 atom stereocenters. The van der Waals surface area contributed by atoms with Crippen LogP contribution in [0.3, 0.4) is 0 Å². The molecule has 2 rings (SSSR count). The Balaban J connectivity index is 2.17. The molecular formula is C13H21N7O. The molecule has 8 heteroatoms. The lowest BCUT2D eigenvalue weighted by Crippen LogP contribution is -2.33. The lowest BCUT2D eigenvalue weighted by Gasteiger charge is -2.29. The van der Waals surface area contributed by atoms with Crippen LogP contribution >= 0.6 is 0 Å². The van der Waals surface area contributed by atoms with E-state index in [4.69, 9.17) is 5.73 Å². The summed E-state index contributed by atoms with van der Waals surface area (Å²) in [6.07, 6.45) is 5.09. The topological polar surface area (TPSA) is 115 Å². The largest absolute Gasteiger partial charge is 0.396 e. The van der Waals surface area contributed by atoms with Crippen LogP contribution in [-0.2, 0) is 0 Å². The van der Waals surface area contributed by atoms with Gasteiger partial charge in [-0.25, -0.2) is 4.68 Å². The molecule has 2 aromatic rings. The maximum absolute atomic E-state index is 9.58.